The molecule has 82 valence electrons. The zero-order valence-corrected chi connectivity index (χ0v) is 10.5. The van der Waals surface area contributed by atoms with Crippen molar-refractivity contribution in [2.45, 2.75) is 11.3 Å². The van der Waals surface area contributed by atoms with Crippen LogP contribution in [0, 0.1) is 6.92 Å². The molecule has 2 nitrogen and oxygen atoms in total. The van der Waals surface area contributed by atoms with Crippen molar-refractivity contribution in [2.24, 2.45) is 0 Å². The molecular formula is C12H11NOS2. The Morgan fingerprint density at radius 1 is 1.50 bits per heavy atom. The van der Waals surface area contributed by atoms with Gasteiger partial charge < -0.3 is 0 Å². The minimum absolute atomic E-state index is 0.156. The van der Waals surface area contributed by atoms with Crippen molar-refractivity contribution in [3.05, 3.63) is 47.0 Å². The number of carbonyl (C=O) groups excluding carboxylic acids is 1. The first-order valence-corrected chi connectivity index (χ1v) is 6.74. The molecule has 0 N–H and O–H groups in total. The largest absolute Gasteiger partial charge is 0.293 e. The Bertz CT molecular complexity index is 480. The minimum atomic E-state index is 0.156. The normalized spacial score (nSPS) is 10.3. The maximum absolute atomic E-state index is 11.8. The second-order valence-corrected chi connectivity index (χ2v) is 5.50. The second-order valence-electron chi connectivity index (χ2n) is 3.38. The highest BCUT2D eigenvalue weighted by Crippen LogP contribution is 2.21. The molecule has 0 bridgehead atoms. The van der Waals surface area contributed by atoms with Crippen LogP contribution in [0.1, 0.15) is 15.9 Å². The van der Waals surface area contributed by atoms with Crippen LogP contribution in [-0.2, 0) is 0 Å². The van der Waals surface area contributed by atoms with E-state index in [0.717, 1.165) is 15.5 Å². The van der Waals surface area contributed by atoms with Gasteiger partial charge in [0, 0.05) is 17.1 Å². The smallest absolute Gasteiger partial charge is 0.173 e. The molecule has 0 aliphatic rings. The van der Waals surface area contributed by atoms with Crippen molar-refractivity contribution in [3.8, 4) is 0 Å². The van der Waals surface area contributed by atoms with Gasteiger partial charge in [0.2, 0.25) is 0 Å². The summed E-state index contributed by atoms with van der Waals surface area (Å²) in [6, 6.07) is 7.68. The molecular weight excluding hydrogens is 238 g/mol. The summed E-state index contributed by atoms with van der Waals surface area (Å²) < 4.78 is 0.945. The SMILES string of the molecule is Cc1cccc(C(=O)CSc2nccs2)c1. The molecule has 1 aromatic carbocycles. The van der Waals surface area contributed by atoms with Gasteiger partial charge >= 0.3 is 0 Å². The molecule has 0 amide bonds. The van der Waals surface area contributed by atoms with Crippen LogP contribution in [0.4, 0.5) is 0 Å². The molecule has 16 heavy (non-hydrogen) atoms. The van der Waals surface area contributed by atoms with E-state index in [1.54, 1.807) is 17.5 Å². The zero-order valence-electron chi connectivity index (χ0n) is 8.84. The fourth-order valence-corrected chi connectivity index (χ4v) is 2.84. The van der Waals surface area contributed by atoms with E-state index in [-0.39, 0.29) is 5.78 Å². The molecule has 1 aromatic heterocycles. The Labute approximate surface area is 103 Å². The quantitative estimate of drug-likeness (QED) is 0.614. The highest BCUT2D eigenvalue weighted by molar-refractivity contribution is 8.01. The number of ketones is 1. The number of aryl methyl sites for hydroxylation is 1. The summed E-state index contributed by atoms with van der Waals surface area (Å²) in [5.74, 6) is 0.612. The lowest BCUT2D eigenvalue weighted by molar-refractivity contribution is 0.102. The van der Waals surface area contributed by atoms with Crippen LogP contribution in [0.5, 0.6) is 0 Å². The second kappa shape index (κ2) is 5.27. The Balaban J connectivity index is 1.98. The van der Waals surface area contributed by atoms with E-state index in [1.165, 1.54) is 11.8 Å². The highest BCUT2D eigenvalue weighted by atomic mass is 32.2. The van der Waals surface area contributed by atoms with Crippen LogP contribution in [0.25, 0.3) is 0 Å². The van der Waals surface area contributed by atoms with Crippen molar-refractivity contribution in [1.82, 2.24) is 4.98 Å². The van der Waals surface area contributed by atoms with E-state index in [2.05, 4.69) is 4.98 Å². The first-order valence-electron chi connectivity index (χ1n) is 4.88. The number of thioether (sulfide) groups is 1. The summed E-state index contributed by atoms with van der Waals surface area (Å²) in [5, 5.41) is 1.92. The molecule has 0 saturated carbocycles. The summed E-state index contributed by atoms with van der Waals surface area (Å²) in [6.07, 6.45) is 1.75. The lowest BCUT2D eigenvalue weighted by Gasteiger charge is -2.00. The van der Waals surface area contributed by atoms with Crippen LogP contribution in [0.3, 0.4) is 0 Å². The highest BCUT2D eigenvalue weighted by Gasteiger charge is 2.07. The molecule has 0 fully saturated rings. The molecule has 0 spiro atoms. The third-order valence-corrected chi connectivity index (χ3v) is 4.04. The predicted molar refractivity (Wildman–Crippen MR) is 68.3 cm³/mol. The average molecular weight is 249 g/mol. The number of hydrogen-bond donors (Lipinski definition) is 0. The number of aromatic nitrogens is 1. The number of benzene rings is 1. The van der Waals surface area contributed by atoms with Crippen molar-refractivity contribution in [2.75, 3.05) is 5.75 Å². The molecule has 2 rings (SSSR count). The maximum atomic E-state index is 11.8. The lowest BCUT2D eigenvalue weighted by Crippen LogP contribution is -2.02. The summed E-state index contributed by atoms with van der Waals surface area (Å²) in [7, 11) is 0. The lowest BCUT2D eigenvalue weighted by atomic mass is 10.1. The number of rotatable bonds is 4. The van der Waals surface area contributed by atoms with Gasteiger partial charge in [0.25, 0.3) is 0 Å². The molecule has 0 radical (unpaired) electrons. The Morgan fingerprint density at radius 3 is 3.06 bits per heavy atom. The van der Waals surface area contributed by atoms with Crippen molar-refractivity contribution in [3.63, 3.8) is 0 Å². The number of Topliss-reactive ketones (excluding diaryl/α,β-unsaturated/α-hetero) is 1. The summed E-state index contributed by atoms with van der Waals surface area (Å²) in [5.41, 5.74) is 1.90. The predicted octanol–water partition coefficient (Wildman–Crippen LogP) is 3.43. The van der Waals surface area contributed by atoms with Gasteiger partial charge in [-0.1, -0.05) is 35.5 Å². The van der Waals surface area contributed by atoms with Gasteiger partial charge in [0.1, 0.15) is 4.34 Å². The van der Waals surface area contributed by atoms with Crippen LogP contribution >= 0.6 is 23.1 Å². The first-order chi connectivity index (χ1) is 7.75. The third-order valence-electron chi connectivity index (χ3n) is 2.08. The van der Waals surface area contributed by atoms with Crippen LogP contribution in [0.15, 0.2) is 40.2 Å². The molecule has 0 atom stereocenters. The molecule has 4 heteroatoms. The fourth-order valence-electron chi connectivity index (χ4n) is 1.31. The van der Waals surface area contributed by atoms with Gasteiger partial charge in [-0.15, -0.1) is 11.3 Å². The number of hydrogen-bond acceptors (Lipinski definition) is 4. The van der Waals surface area contributed by atoms with E-state index >= 15 is 0 Å². The van der Waals surface area contributed by atoms with Crippen LogP contribution in [-0.4, -0.2) is 16.5 Å². The van der Waals surface area contributed by atoms with Crippen molar-refractivity contribution in [1.29, 1.82) is 0 Å². The zero-order chi connectivity index (χ0) is 11.4. The number of nitrogens with zero attached hydrogens (tertiary/aromatic N) is 1. The monoisotopic (exact) mass is 249 g/mol. The van der Waals surface area contributed by atoms with Gasteiger partial charge in [0.05, 0.1) is 5.75 Å². The van der Waals surface area contributed by atoms with Gasteiger partial charge in [-0.25, -0.2) is 4.98 Å². The van der Waals surface area contributed by atoms with E-state index < -0.39 is 0 Å². The summed E-state index contributed by atoms with van der Waals surface area (Å²) in [6.45, 7) is 1.99. The average Bonchev–Trinajstić information content (AvgIpc) is 2.78. The third kappa shape index (κ3) is 2.93. The van der Waals surface area contributed by atoms with Crippen molar-refractivity contribution < 1.29 is 4.79 Å². The summed E-state index contributed by atoms with van der Waals surface area (Å²) >= 11 is 3.06. The van der Waals surface area contributed by atoms with Crippen LogP contribution in [0.2, 0.25) is 0 Å². The molecule has 0 saturated heterocycles. The Morgan fingerprint density at radius 2 is 2.38 bits per heavy atom. The molecule has 2 aromatic rings. The van der Waals surface area contributed by atoms with E-state index in [9.17, 15) is 4.79 Å². The molecule has 0 aliphatic carbocycles. The Kier molecular flexibility index (Phi) is 3.74. The molecule has 0 aliphatic heterocycles. The fraction of sp³-hybridized carbons (Fsp3) is 0.167. The van der Waals surface area contributed by atoms with E-state index in [0.29, 0.717) is 5.75 Å². The molecule has 1 heterocycles. The Hall–Kier alpha value is -1.13. The standard InChI is InChI=1S/C12H11NOS2/c1-9-3-2-4-10(7-9)11(14)8-16-12-13-5-6-15-12/h2-7H,8H2,1H3. The van der Waals surface area contributed by atoms with Gasteiger partial charge in [-0.2, -0.15) is 0 Å². The summed E-state index contributed by atoms with van der Waals surface area (Å²) in [4.78, 5) is 16.0. The van der Waals surface area contributed by atoms with E-state index in [4.69, 9.17) is 0 Å². The number of carbonyl (C=O) groups is 1. The maximum Gasteiger partial charge on any atom is 0.173 e. The van der Waals surface area contributed by atoms with E-state index in [1.807, 2.05) is 36.6 Å². The van der Waals surface area contributed by atoms with Gasteiger partial charge in [0.15, 0.2) is 5.78 Å². The topological polar surface area (TPSA) is 30.0 Å². The van der Waals surface area contributed by atoms with Gasteiger partial charge in [-0.05, 0) is 13.0 Å². The van der Waals surface area contributed by atoms with Gasteiger partial charge in [-0.3, -0.25) is 4.79 Å². The molecule has 0 unspecified atom stereocenters. The first kappa shape index (κ1) is 11.4. The van der Waals surface area contributed by atoms with Crippen LogP contribution < -0.4 is 0 Å². The number of thiazole rings is 1. The minimum Gasteiger partial charge on any atom is -0.293 e. The van der Waals surface area contributed by atoms with Crippen molar-refractivity contribution >= 4 is 28.9 Å².